The van der Waals surface area contributed by atoms with Crippen molar-refractivity contribution >= 4 is 5.91 Å². The molecule has 1 amide bonds. The third-order valence-corrected chi connectivity index (χ3v) is 5.45. The van der Waals surface area contributed by atoms with Crippen LogP contribution in [-0.2, 0) is 18.4 Å². The van der Waals surface area contributed by atoms with Crippen molar-refractivity contribution in [3.63, 3.8) is 0 Å². The molecule has 1 aromatic heterocycles. The van der Waals surface area contributed by atoms with Crippen molar-refractivity contribution < 1.29 is 4.79 Å². The number of benzene rings is 1. The second kappa shape index (κ2) is 5.49. The number of carbonyl (C=O) groups is 1. The molecule has 2 atom stereocenters. The van der Waals surface area contributed by atoms with E-state index in [1.807, 2.05) is 30.1 Å². The average Bonchev–Trinajstić information content (AvgIpc) is 3.25. The molecule has 5 heteroatoms. The van der Waals surface area contributed by atoms with Crippen LogP contribution in [0.1, 0.15) is 23.7 Å². The van der Waals surface area contributed by atoms with Crippen molar-refractivity contribution in [1.82, 2.24) is 19.8 Å². The third-order valence-electron chi connectivity index (χ3n) is 5.45. The lowest BCUT2D eigenvalue weighted by Gasteiger charge is -2.28. The fourth-order valence-corrected chi connectivity index (χ4v) is 4.11. The van der Waals surface area contributed by atoms with Gasteiger partial charge >= 0.3 is 0 Å². The summed E-state index contributed by atoms with van der Waals surface area (Å²) in [4.78, 5) is 19.4. The number of carbonyl (C=O) groups excluding carboxylic acids is 1. The lowest BCUT2D eigenvalue weighted by Crippen LogP contribution is -2.37. The Kier molecular flexibility index (Phi) is 3.45. The van der Waals surface area contributed by atoms with Crippen molar-refractivity contribution in [2.75, 3.05) is 19.6 Å². The van der Waals surface area contributed by atoms with Crippen molar-refractivity contribution in [3.8, 4) is 0 Å². The van der Waals surface area contributed by atoms with Gasteiger partial charge in [-0.25, -0.2) is 4.98 Å². The highest BCUT2D eigenvalue weighted by molar-refractivity contribution is 5.87. The molecule has 4 rings (SSSR count). The summed E-state index contributed by atoms with van der Waals surface area (Å²) in [5, 5.41) is 3.11. The van der Waals surface area contributed by atoms with E-state index in [1.165, 1.54) is 5.56 Å². The Morgan fingerprint density at radius 2 is 2.17 bits per heavy atom. The molecule has 0 radical (unpaired) electrons. The number of hydrogen-bond donors (Lipinski definition) is 1. The molecule has 1 aromatic carbocycles. The third kappa shape index (κ3) is 2.36. The average molecular weight is 310 g/mol. The number of imidazole rings is 1. The number of rotatable bonds is 3. The molecular formula is C18H22N4O. The minimum absolute atomic E-state index is 0.216. The summed E-state index contributed by atoms with van der Waals surface area (Å²) in [6.45, 7) is 3.31. The van der Waals surface area contributed by atoms with Crippen LogP contribution >= 0.6 is 0 Å². The lowest BCUT2D eigenvalue weighted by atomic mass is 9.73. The normalized spacial score (nSPS) is 27.7. The van der Waals surface area contributed by atoms with Crippen LogP contribution in [0.25, 0.3) is 0 Å². The highest BCUT2D eigenvalue weighted by Gasteiger charge is 2.54. The molecule has 0 bridgehead atoms. The highest BCUT2D eigenvalue weighted by atomic mass is 16.2. The second-order valence-electron chi connectivity index (χ2n) is 6.74. The number of nitrogens with zero attached hydrogens (tertiary/aromatic N) is 3. The van der Waals surface area contributed by atoms with Crippen LogP contribution in [0.15, 0.2) is 42.7 Å². The van der Waals surface area contributed by atoms with Crippen LogP contribution in [0.4, 0.5) is 0 Å². The largest absolute Gasteiger partial charge is 0.355 e. The quantitative estimate of drug-likeness (QED) is 0.935. The molecule has 2 fully saturated rings. The Morgan fingerprint density at radius 1 is 1.35 bits per heavy atom. The summed E-state index contributed by atoms with van der Waals surface area (Å²) in [6, 6.07) is 10.4. The van der Waals surface area contributed by atoms with Crippen LogP contribution in [0.5, 0.6) is 0 Å². The maximum Gasteiger partial charge on any atom is 0.228 e. The first-order valence-corrected chi connectivity index (χ1v) is 8.21. The molecule has 120 valence electrons. The molecule has 2 aliphatic heterocycles. The zero-order chi connectivity index (χ0) is 15.9. The molecule has 5 nitrogen and oxygen atoms in total. The first-order valence-electron chi connectivity index (χ1n) is 8.21. The van der Waals surface area contributed by atoms with Crippen LogP contribution in [0.2, 0.25) is 0 Å². The van der Waals surface area contributed by atoms with Gasteiger partial charge in [0, 0.05) is 38.4 Å². The predicted octanol–water partition coefficient (Wildman–Crippen LogP) is 1.53. The Balaban J connectivity index is 1.57. The van der Waals surface area contributed by atoms with Gasteiger partial charge in [-0.05, 0) is 18.5 Å². The van der Waals surface area contributed by atoms with Gasteiger partial charge in [-0.3, -0.25) is 9.69 Å². The van der Waals surface area contributed by atoms with Gasteiger partial charge in [-0.2, -0.15) is 0 Å². The van der Waals surface area contributed by atoms with Crippen molar-refractivity contribution in [2.24, 2.45) is 12.5 Å². The highest BCUT2D eigenvalue weighted by Crippen LogP contribution is 2.47. The van der Waals surface area contributed by atoms with E-state index in [0.29, 0.717) is 0 Å². The molecular weight excluding hydrogens is 288 g/mol. The summed E-state index contributed by atoms with van der Waals surface area (Å²) in [6.07, 6.45) is 4.72. The van der Waals surface area contributed by atoms with Gasteiger partial charge < -0.3 is 9.88 Å². The summed E-state index contributed by atoms with van der Waals surface area (Å²) >= 11 is 0. The molecule has 0 aliphatic carbocycles. The van der Waals surface area contributed by atoms with Crippen LogP contribution in [-0.4, -0.2) is 40.0 Å². The zero-order valence-corrected chi connectivity index (χ0v) is 13.4. The van der Waals surface area contributed by atoms with Crippen LogP contribution in [0.3, 0.4) is 0 Å². The van der Waals surface area contributed by atoms with E-state index in [1.54, 1.807) is 0 Å². The number of aromatic nitrogens is 2. The maximum absolute atomic E-state index is 12.6. The Bertz CT molecular complexity index is 711. The van der Waals surface area contributed by atoms with E-state index >= 15 is 0 Å². The number of amides is 1. The number of aryl methyl sites for hydroxylation is 1. The molecule has 2 aliphatic rings. The molecule has 3 heterocycles. The summed E-state index contributed by atoms with van der Waals surface area (Å²) in [5.41, 5.74) is 0.983. The van der Waals surface area contributed by atoms with E-state index < -0.39 is 0 Å². The van der Waals surface area contributed by atoms with Gasteiger partial charge in [0.1, 0.15) is 5.82 Å². The molecule has 0 saturated carbocycles. The molecule has 2 aromatic rings. The fraction of sp³-hybridized carbons (Fsp3) is 0.444. The van der Waals surface area contributed by atoms with Gasteiger partial charge in [0.2, 0.25) is 5.91 Å². The zero-order valence-electron chi connectivity index (χ0n) is 13.4. The Morgan fingerprint density at radius 3 is 2.91 bits per heavy atom. The SMILES string of the molecule is Cn1ccnc1CN1CC[C@]2(C1)C(=O)NC[C@@H]2c1ccccc1. The summed E-state index contributed by atoms with van der Waals surface area (Å²) < 4.78 is 2.05. The molecule has 2 saturated heterocycles. The van der Waals surface area contributed by atoms with Crippen molar-refractivity contribution in [1.29, 1.82) is 0 Å². The van der Waals surface area contributed by atoms with Gasteiger partial charge in [0.15, 0.2) is 0 Å². The molecule has 1 N–H and O–H groups in total. The minimum Gasteiger partial charge on any atom is -0.355 e. The van der Waals surface area contributed by atoms with E-state index in [-0.39, 0.29) is 17.2 Å². The van der Waals surface area contributed by atoms with E-state index in [9.17, 15) is 4.79 Å². The van der Waals surface area contributed by atoms with Crippen molar-refractivity contribution in [3.05, 3.63) is 54.1 Å². The monoisotopic (exact) mass is 310 g/mol. The van der Waals surface area contributed by atoms with Gasteiger partial charge in [0.25, 0.3) is 0 Å². The second-order valence-corrected chi connectivity index (χ2v) is 6.74. The topological polar surface area (TPSA) is 50.2 Å². The van der Waals surface area contributed by atoms with Crippen molar-refractivity contribution in [2.45, 2.75) is 18.9 Å². The Labute approximate surface area is 136 Å². The predicted molar refractivity (Wildman–Crippen MR) is 87.7 cm³/mol. The maximum atomic E-state index is 12.6. The number of nitrogens with one attached hydrogen (secondary N) is 1. The minimum atomic E-state index is -0.285. The van der Waals surface area contributed by atoms with Gasteiger partial charge in [-0.15, -0.1) is 0 Å². The summed E-state index contributed by atoms with van der Waals surface area (Å²) in [5.74, 6) is 1.54. The van der Waals surface area contributed by atoms with Crippen LogP contribution in [0, 0.1) is 5.41 Å². The Hall–Kier alpha value is -2.14. The van der Waals surface area contributed by atoms with Gasteiger partial charge in [0.05, 0.1) is 12.0 Å². The standard InChI is InChI=1S/C18H22N4O/c1-21-10-8-19-16(21)12-22-9-7-18(13-22)15(11-20-17(18)23)14-5-3-2-4-6-14/h2-6,8,10,15H,7,9,11-13H2,1H3,(H,20,23)/t15-,18-/m1/s1. The molecule has 1 spiro atoms. The fourth-order valence-electron chi connectivity index (χ4n) is 4.11. The van der Waals surface area contributed by atoms with E-state index in [2.05, 4.69) is 39.5 Å². The van der Waals surface area contributed by atoms with Crippen LogP contribution < -0.4 is 5.32 Å². The first kappa shape index (κ1) is 14.5. The van der Waals surface area contributed by atoms with E-state index in [0.717, 1.165) is 38.4 Å². The molecule has 0 unspecified atom stereocenters. The number of likely N-dealkylation sites (tertiary alicyclic amines) is 1. The summed E-state index contributed by atoms with van der Waals surface area (Å²) in [7, 11) is 2.02. The number of hydrogen-bond acceptors (Lipinski definition) is 3. The van der Waals surface area contributed by atoms with Gasteiger partial charge in [-0.1, -0.05) is 30.3 Å². The smallest absolute Gasteiger partial charge is 0.228 e. The first-order chi connectivity index (χ1) is 11.2. The lowest BCUT2D eigenvalue weighted by molar-refractivity contribution is -0.127. The molecule has 23 heavy (non-hydrogen) atoms. The van der Waals surface area contributed by atoms with E-state index in [4.69, 9.17) is 0 Å².